The molecule has 6 nitrogen and oxygen atoms in total. The maximum atomic E-state index is 12.2. The third kappa shape index (κ3) is 5.27. The Morgan fingerprint density at radius 3 is 2.24 bits per heavy atom. The van der Waals surface area contributed by atoms with Crippen LogP contribution in [0.4, 0.5) is 5.69 Å². The lowest BCUT2D eigenvalue weighted by molar-refractivity contribution is -0.115. The molecular formula is C17H16Cl2N2O4. The fourth-order valence-electron chi connectivity index (χ4n) is 1.99. The lowest BCUT2D eigenvalue weighted by Gasteiger charge is -2.10. The summed E-state index contributed by atoms with van der Waals surface area (Å²) in [6.07, 6.45) is 0. The highest BCUT2D eigenvalue weighted by atomic mass is 35.5. The van der Waals surface area contributed by atoms with Crippen molar-refractivity contribution in [2.24, 2.45) is 0 Å². The molecule has 0 unspecified atom stereocenters. The molecule has 8 heteroatoms. The standard InChI is InChI=1S/C17H16Cl2N2O4/c1-24-12-5-10(6-13(8-12)25-2)17(23)20-9-16(22)21-15-7-11(18)3-4-14(15)19/h3-8H,9H2,1-2H3,(H,20,23)(H,21,22). The molecule has 2 amide bonds. The molecule has 0 fully saturated rings. The molecule has 132 valence electrons. The van der Waals surface area contributed by atoms with Gasteiger partial charge in [0.2, 0.25) is 5.91 Å². The molecule has 0 aliphatic rings. The van der Waals surface area contributed by atoms with E-state index in [9.17, 15) is 9.59 Å². The van der Waals surface area contributed by atoms with Gasteiger partial charge in [-0.3, -0.25) is 9.59 Å². The number of hydrogen-bond acceptors (Lipinski definition) is 4. The summed E-state index contributed by atoms with van der Waals surface area (Å²) >= 11 is 11.8. The Morgan fingerprint density at radius 1 is 1.00 bits per heavy atom. The van der Waals surface area contributed by atoms with Gasteiger partial charge >= 0.3 is 0 Å². The molecular weight excluding hydrogens is 367 g/mol. The average molecular weight is 383 g/mol. The Labute approximate surface area is 155 Å². The van der Waals surface area contributed by atoms with Gasteiger partial charge in [0.15, 0.2) is 0 Å². The Hall–Kier alpha value is -2.44. The highest BCUT2D eigenvalue weighted by Gasteiger charge is 2.12. The summed E-state index contributed by atoms with van der Waals surface area (Å²) in [4.78, 5) is 24.2. The van der Waals surface area contributed by atoms with Gasteiger partial charge in [-0.25, -0.2) is 0 Å². The van der Waals surface area contributed by atoms with Crippen LogP contribution in [0.2, 0.25) is 10.0 Å². The summed E-state index contributed by atoms with van der Waals surface area (Å²) < 4.78 is 10.2. The number of anilines is 1. The molecule has 0 aliphatic heterocycles. The highest BCUT2D eigenvalue weighted by molar-refractivity contribution is 6.35. The van der Waals surface area contributed by atoms with Gasteiger partial charge in [-0.05, 0) is 30.3 Å². The predicted molar refractivity (Wildman–Crippen MR) is 97.0 cm³/mol. The molecule has 0 aliphatic carbocycles. The van der Waals surface area contributed by atoms with Crippen molar-refractivity contribution in [3.63, 3.8) is 0 Å². The van der Waals surface area contributed by atoms with Crippen LogP contribution in [-0.2, 0) is 4.79 Å². The molecule has 0 atom stereocenters. The van der Waals surface area contributed by atoms with E-state index in [-0.39, 0.29) is 6.54 Å². The summed E-state index contributed by atoms with van der Waals surface area (Å²) in [7, 11) is 2.97. The SMILES string of the molecule is COc1cc(OC)cc(C(=O)NCC(=O)Nc2cc(Cl)ccc2Cl)c1. The van der Waals surface area contributed by atoms with Gasteiger partial charge in [-0.2, -0.15) is 0 Å². The number of benzene rings is 2. The van der Waals surface area contributed by atoms with Crippen molar-refractivity contribution in [1.29, 1.82) is 0 Å². The molecule has 0 saturated carbocycles. The zero-order valence-corrected chi connectivity index (χ0v) is 15.1. The van der Waals surface area contributed by atoms with Crippen molar-refractivity contribution in [3.8, 4) is 11.5 Å². The predicted octanol–water partition coefficient (Wildman–Crippen LogP) is 3.38. The second kappa shape index (κ2) is 8.60. The van der Waals surface area contributed by atoms with Crippen molar-refractivity contribution in [2.45, 2.75) is 0 Å². The molecule has 25 heavy (non-hydrogen) atoms. The lowest BCUT2D eigenvalue weighted by atomic mass is 10.2. The molecule has 2 N–H and O–H groups in total. The Balaban J connectivity index is 1.99. The third-order valence-electron chi connectivity index (χ3n) is 3.23. The van der Waals surface area contributed by atoms with Crippen LogP contribution in [0, 0.1) is 0 Å². The first-order valence-corrected chi connectivity index (χ1v) is 7.94. The molecule has 0 bridgehead atoms. The van der Waals surface area contributed by atoms with Gasteiger partial charge in [0, 0.05) is 16.7 Å². The van der Waals surface area contributed by atoms with Gasteiger partial charge in [-0.1, -0.05) is 23.2 Å². The van der Waals surface area contributed by atoms with Gasteiger partial charge in [0.05, 0.1) is 31.5 Å². The van der Waals surface area contributed by atoms with E-state index < -0.39 is 11.8 Å². The topological polar surface area (TPSA) is 76.7 Å². The monoisotopic (exact) mass is 382 g/mol. The molecule has 2 rings (SSSR count). The first-order chi connectivity index (χ1) is 11.9. The minimum Gasteiger partial charge on any atom is -0.497 e. The van der Waals surface area contributed by atoms with Crippen molar-refractivity contribution in [2.75, 3.05) is 26.1 Å². The van der Waals surface area contributed by atoms with Crippen LogP contribution in [0.5, 0.6) is 11.5 Å². The lowest BCUT2D eigenvalue weighted by Crippen LogP contribution is -2.32. The molecule has 0 aromatic heterocycles. The third-order valence-corrected chi connectivity index (χ3v) is 3.79. The largest absolute Gasteiger partial charge is 0.497 e. The number of hydrogen-bond donors (Lipinski definition) is 2. The molecule has 2 aromatic carbocycles. The summed E-state index contributed by atoms with van der Waals surface area (Å²) in [6, 6.07) is 9.44. The number of methoxy groups -OCH3 is 2. The van der Waals surface area contributed by atoms with Gasteiger partial charge in [0.1, 0.15) is 11.5 Å². The Kier molecular flexibility index (Phi) is 6.50. The van der Waals surface area contributed by atoms with Crippen LogP contribution in [0.1, 0.15) is 10.4 Å². The van der Waals surface area contributed by atoms with Crippen molar-refractivity contribution >= 4 is 40.7 Å². The second-order valence-electron chi connectivity index (χ2n) is 4.96. The number of ether oxygens (including phenoxy) is 2. The van der Waals surface area contributed by atoms with Crippen molar-refractivity contribution in [3.05, 3.63) is 52.0 Å². The van der Waals surface area contributed by atoms with Gasteiger partial charge in [-0.15, -0.1) is 0 Å². The maximum absolute atomic E-state index is 12.2. The maximum Gasteiger partial charge on any atom is 0.251 e. The van der Waals surface area contributed by atoms with E-state index >= 15 is 0 Å². The number of carbonyl (C=O) groups excluding carboxylic acids is 2. The van der Waals surface area contributed by atoms with E-state index in [4.69, 9.17) is 32.7 Å². The van der Waals surface area contributed by atoms with Gasteiger partial charge in [0.25, 0.3) is 5.91 Å². The number of halogens is 2. The summed E-state index contributed by atoms with van der Waals surface area (Å²) in [5.74, 6) is 0.0660. The summed E-state index contributed by atoms with van der Waals surface area (Å²) in [5.41, 5.74) is 0.682. The van der Waals surface area contributed by atoms with E-state index in [0.717, 1.165) is 0 Å². The van der Waals surface area contributed by atoms with E-state index in [0.29, 0.717) is 32.8 Å². The van der Waals surface area contributed by atoms with Crippen LogP contribution < -0.4 is 20.1 Å². The highest BCUT2D eigenvalue weighted by Crippen LogP contribution is 2.25. The molecule has 0 saturated heterocycles. The zero-order chi connectivity index (χ0) is 18.4. The smallest absolute Gasteiger partial charge is 0.251 e. The van der Waals surface area contributed by atoms with Crippen LogP contribution in [0.15, 0.2) is 36.4 Å². The van der Waals surface area contributed by atoms with Crippen molar-refractivity contribution in [1.82, 2.24) is 5.32 Å². The average Bonchev–Trinajstić information content (AvgIpc) is 2.62. The number of nitrogens with one attached hydrogen (secondary N) is 2. The molecule has 2 aromatic rings. The second-order valence-corrected chi connectivity index (χ2v) is 5.80. The number of carbonyl (C=O) groups is 2. The van der Waals surface area contributed by atoms with Crippen molar-refractivity contribution < 1.29 is 19.1 Å². The summed E-state index contributed by atoms with van der Waals surface area (Å²) in [6.45, 7) is -0.235. The fourth-order valence-corrected chi connectivity index (χ4v) is 2.33. The van der Waals surface area contributed by atoms with Crippen LogP contribution in [-0.4, -0.2) is 32.6 Å². The van der Waals surface area contributed by atoms with E-state index in [1.165, 1.54) is 20.3 Å². The summed E-state index contributed by atoms with van der Waals surface area (Å²) in [5, 5.41) is 5.89. The normalized spacial score (nSPS) is 10.1. The minimum absolute atomic E-state index is 0.235. The first-order valence-electron chi connectivity index (χ1n) is 7.19. The van der Waals surface area contributed by atoms with E-state index in [2.05, 4.69) is 10.6 Å². The van der Waals surface area contributed by atoms with Crippen LogP contribution in [0.25, 0.3) is 0 Å². The Bertz CT molecular complexity index is 774. The molecule has 0 heterocycles. The Morgan fingerprint density at radius 2 is 1.64 bits per heavy atom. The minimum atomic E-state index is -0.440. The molecule has 0 radical (unpaired) electrons. The number of rotatable bonds is 6. The number of amides is 2. The fraction of sp³-hybridized carbons (Fsp3) is 0.176. The van der Waals surface area contributed by atoms with E-state index in [1.54, 1.807) is 30.3 Å². The van der Waals surface area contributed by atoms with Gasteiger partial charge < -0.3 is 20.1 Å². The van der Waals surface area contributed by atoms with Crippen LogP contribution >= 0.6 is 23.2 Å². The van der Waals surface area contributed by atoms with Crippen LogP contribution in [0.3, 0.4) is 0 Å². The molecule has 0 spiro atoms. The zero-order valence-electron chi connectivity index (χ0n) is 13.6. The quantitative estimate of drug-likeness (QED) is 0.802. The van der Waals surface area contributed by atoms with E-state index in [1.807, 2.05) is 0 Å². The first kappa shape index (κ1) is 18.9.